The van der Waals surface area contributed by atoms with Crippen LogP contribution in [0, 0.1) is 5.92 Å². The molecule has 1 aromatic carbocycles. The lowest BCUT2D eigenvalue weighted by molar-refractivity contribution is -0.142. The van der Waals surface area contributed by atoms with Gasteiger partial charge in [-0.05, 0) is 57.4 Å². The molecule has 1 amide bonds. The van der Waals surface area contributed by atoms with Gasteiger partial charge >= 0.3 is 12.1 Å². The predicted octanol–water partition coefficient (Wildman–Crippen LogP) is 5.56. The van der Waals surface area contributed by atoms with Crippen LogP contribution in [0.25, 0.3) is 11.3 Å². The van der Waals surface area contributed by atoms with Crippen molar-refractivity contribution in [3.8, 4) is 17.0 Å². The number of ether oxygens (including phenoxy) is 1. The van der Waals surface area contributed by atoms with Gasteiger partial charge in [-0.1, -0.05) is 17.8 Å². The Balaban J connectivity index is 1.37. The van der Waals surface area contributed by atoms with Crippen molar-refractivity contribution in [3.63, 3.8) is 0 Å². The molecule has 0 aliphatic carbocycles. The third-order valence-electron chi connectivity index (χ3n) is 8.02. The van der Waals surface area contributed by atoms with Gasteiger partial charge in [0.25, 0.3) is 5.91 Å². The van der Waals surface area contributed by atoms with Crippen molar-refractivity contribution >= 4 is 34.2 Å². The van der Waals surface area contributed by atoms with Crippen LogP contribution < -0.4 is 15.0 Å². The molecule has 4 heterocycles. The number of nitrogens with one attached hydrogen (secondary N) is 1. The van der Waals surface area contributed by atoms with Gasteiger partial charge in [-0.15, -0.1) is 0 Å². The first kappa shape index (κ1) is 30.7. The third kappa shape index (κ3) is 7.07. The van der Waals surface area contributed by atoms with E-state index in [-0.39, 0.29) is 28.1 Å². The van der Waals surface area contributed by atoms with Crippen molar-refractivity contribution in [2.75, 3.05) is 37.0 Å². The van der Waals surface area contributed by atoms with Crippen LogP contribution in [-0.2, 0) is 17.5 Å². The van der Waals surface area contributed by atoms with E-state index in [1.165, 1.54) is 36.9 Å². The van der Waals surface area contributed by atoms with Crippen LogP contribution in [0.15, 0.2) is 30.6 Å². The second kappa shape index (κ2) is 12.8. The standard InChI is InChI=1S/C29H33F3N6O4S/c1-17-5-3-4-10-38(17)16-23-25(19-6-7-22(42-2)20(13-19)29(30,31)32)35-28(43-23)36-26(39)21-14-34-24(15-33-21)37-11-8-18(9-12-37)27(40)41/h6-7,13-15,17-18H,3-5,8-12,16H2,1-2H3,(H,40,41)(H,35,36,39)/t17-/m1/s1. The molecule has 2 aliphatic heterocycles. The van der Waals surface area contributed by atoms with Crippen molar-refractivity contribution in [3.05, 3.63) is 46.7 Å². The molecule has 3 aromatic rings. The summed E-state index contributed by atoms with van der Waals surface area (Å²) in [5.74, 6) is -1.45. The van der Waals surface area contributed by atoms with E-state index >= 15 is 0 Å². The Kier molecular flexibility index (Phi) is 9.16. The van der Waals surface area contributed by atoms with Gasteiger partial charge in [0.2, 0.25) is 0 Å². The molecule has 230 valence electrons. The van der Waals surface area contributed by atoms with Crippen LogP contribution in [0.4, 0.5) is 24.1 Å². The average molecular weight is 619 g/mol. The minimum atomic E-state index is -4.62. The normalized spacial score (nSPS) is 18.4. The Hall–Kier alpha value is -3.78. The highest BCUT2D eigenvalue weighted by Crippen LogP contribution is 2.41. The molecule has 2 saturated heterocycles. The topological polar surface area (TPSA) is 121 Å². The summed E-state index contributed by atoms with van der Waals surface area (Å²) in [5, 5.41) is 12.2. The maximum absolute atomic E-state index is 13.8. The molecule has 2 fully saturated rings. The maximum atomic E-state index is 13.8. The molecular formula is C29H33F3N6O4S. The number of alkyl halides is 3. The molecular weight excluding hydrogens is 585 g/mol. The number of thiazole rings is 1. The van der Waals surface area contributed by atoms with Crippen molar-refractivity contribution in [1.82, 2.24) is 19.9 Å². The Labute approximate surface area is 250 Å². The summed E-state index contributed by atoms with van der Waals surface area (Å²) in [4.78, 5) is 42.4. The fourth-order valence-corrected chi connectivity index (χ4v) is 6.51. The Morgan fingerprint density at radius 3 is 2.51 bits per heavy atom. The van der Waals surface area contributed by atoms with Gasteiger partial charge in [0.15, 0.2) is 5.13 Å². The molecule has 43 heavy (non-hydrogen) atoms. The molecule has 2 aliphatic rings. The smallest absolute Gasteiger partial charge is 0.419 e. The molecule has 1 atom stereocenters. The monoisotopic (exact) mass is 618 g/mol. The fourth-order valence-electron chi connectivity index (χ4n) is 5.51. The van der Waals surface area contributed by atoms with Crippen LogP contribution in [0.1, 0.15) is 60.0 Å². The number of rotatable bonds is 8. The lowest BCUT2D eigenvalue weighted by atomic mass is 9.97. The largest absolute Gasteiger partial charge is 0.496 e. The number of piperidine rings is 2. The van der Waals surface area contributed by atoms with E-state index in [1.54, 1.807) is 6.07 Å². The Morgan fingerprint density at radius 2 is 1.88 bits per heavy atom. The minimum absolute atomic E-state index is 0.0518. The molecule has 2 N–H and O–H groups in total. The van der Waals surface area contributed by atoms with Gasteiger partial charge in [0.05, 0.1) is 36.7 Å². The van der Waals surface area contributed by atoms with E-state index < -0.39 is 23.6 Å². The predicted molar refractivity (Wildman–Crippen MR) is 155 cm³/mol. The van der Waals surface area contributed by atoms with Gasteiger partial charge in [0, 0.05) is 36.1 Å². The number of amides is 1. The quantitative estimate of drug-likeness (QED) is 0.335. The van der Waals surface area contributed by atoms with E-state index in [0.29, 0.717) is 50.0 Å². The number of benzene rings is 1. The summed E-state index contributed by atoms with van der Waals surface area (Å²) >= 11 is 1.22. The molecule has 2 aromatic heterocycles. The van der Waals surface area contributed by atoms with Gasteiger partial charge < -0.3 is 14.7 Å². The SMILES string of the molecule is COc1ccc(-c2nc(NC(=O)c3cnc(N4CCC(C(=O)O)CC4)cn3)sc2CN2CCCC[C@H]2C)cc1C(F)(F)F. The number of carbonyl (C=O) groups excluding carboxylic acids is 1. The van der Waals surface area contributed by atoms with Crippen LogP contribution in [0.3, 0.4) is 0 Å². The first-order valence-electron chi connectivity index (χ1n) is 14.1. The minimum Gasteiger partial charge on any atom is -0.496 e. The summed E-state index contributed by atoms with van der Waals surface area (Å²) in [6, 6.07) is 4.17. The molecule has 0 bridgehead atoms. The molecule has 0 radical (unpaired) electrons. The number of hydrogen-bond acceptors (Lipinski definition) is 9. The van der Waals surface area contributed by atoms with E-state index in [4.69, 9.17) is 4.74 Å². The van der Waals surface area contributed by atoms with E-state index in [1.807, 2.05) is 4.90 Å². The van der Waals surface area contributed by atoms with Gasteiger partial charge in [-0.25, -0.2) is 15.0 Å². The van der Waals surface area contributed by atoms with Crippen LogP contribution >= 0.6 is 11.3 Å². The van der Waals surface area contributed by atoms with Gasteiger partial charge in [-0.2, -0.15) is 13.2 Å². The lowest BCUT2D eigenvalue weighted by Gasteiger charge is -2.33. The summed E-state index contributed by atoms with van der Waals surface area (Å²) in [5.41, 5.74) is -0.195. The van der Waals surface area contributed by atoms with E-state index in [9.17, 15) is 27.9 Å². The second-order valence-electron chi connectivity index (χ2n) is 10.8. The lowest BCUT2D eigenvalue weighted by Crippen LogP contribution is -2.36. The summed E-state index contributed by atoms with van der Waals surface area (Å²) in [7, 11) is 1.20. The highest BCUT2D eigenvalue weighted by molar-refractivity contribution is 7.16. The number of methoxy groups -OCH3 is 1. The van der Waals surface area contributed by atoms with Gasteiger partial charge in [-0.3, -0.25) is 19.8 Å². The number of nitrogens with zero attached hydrogens (tertiary/aromatic N) is 5. The highest BCUT2D eigenvalue weighted by atomic mass is 32.1. The number of aliphatic carboxylic acids is 1. The average Bonchev–Trinajstić information content (AvgIpc) is 3.39. The maximum Gasteiger partial charge on any atom is 0.419 e. The highest BCUT2D eigenvalue weighted by Gasteiger charge is 2.35. The number of carboxylic acid groups (broad SMARTS) is 1. The van der Waals surface area contributed by atoms with Crippen molar-refractivity contribution < 1.29 is 32.6 Å². The number of hydrogen-bond donors (Lipinski definition) is 2. The summed E-state index contributed by atoms with van der Waals surface area (Å²) < 4.78 is 46.4. The van der Waals surface area contributed by atoms with Gasteiger partial charge in [0.1, 0.15) is 17.3 Å². The Morgan fingerprint density at radius 1 is 1.12 bits per heavy atom. The van der Waals surface area contributed by atoms with E-state index in [2.05, 4.69) is 32.1 Å². The van der Waals surface area contributed by atoms with Crippen molar-refractivity contribution in [1.29, 1.82) is 0 Å². The molecule has 14 heteroatoms. The number of anilines is 2. The number of carboxylic acids is 1. The number of carbonyl (C=O) groups is 2. The van der Waals surface area contributed by atoms with Crippen LogP contribution in [0.2, 0.25) is 0 Å². The molecule has 10 nitrogen and oxygen atoms in total. The summed E-state index contributed by atoms with van der Waals surface area (Å²) in [6.07, 6.45) is 2.40. The zero-order valence-corrected chi connectivity index (χ0v) is 24.7. The zero-order valence-electron chi connectivity index (χ0n) is 23.9. The molecule has 5 rings (SSSR count). The number of likely N-dealkylation sites (tertiary alicyclic amines) is 1. The van der Waals surface area contributed by atoms with Crippen LogP contribution in [0.5, 0.6) is 5.75 Å². The number of halogens is 3. The molecule has 0 unspecified atom stereocenters. The third-order valence-corrected chi connectivity index (χ3v) is 8.98. The van der Waals surface area contributed by atoms with Crippen molar-refractivity contribution in [2.45, 2.75) is 57.8 Å². The first-order valence-corrected chi connectivity index (χ1v) is 15.0. The molecule has 0 saturated carbocycles. The van der Waals surface area contributed by atoms with Crippen molar-refractivity contribution in [2.24, 2.45) is 5.92 Å². The number of aromatic nitrogens is 3. The first-order chi connectivity index (χ1) is 20.5. The van der Waals surface area contributed by atoms with E-state index in [0.717, 1.165) is 36.8 Å². The Bertz CT molecular complexity index is 1460. The molecule has 0 spiro atoms. The van der Waals surface area contributed by atoms with Crippen LogP contribution in [-0.4, -0.2) is 69.6 Å². The second-order valence-corrected chi connectivity index (χ2v) is 11.9. The zero-order chi connectivity index (χ0) is 30.7. The fraction of sp³-hybridized carbons (Fsp3) is 0.483. The summed E-state index contributed by atoms with van der Waals surface area (Å²) in [6.45, 7) is 4.54.